The maximum Gasteiger partial charge on any atom is 0.244 e. The van der Waals surface area contributed by atoms with Crippen molar-refractivity contribution < 1.29 is 4.79 Å². The molecule has 78 valence electrons. The van der Waals surface area contributed by atoms with Crippen LogP contribution in [-0.2, 0) is 0 Å². The van der Waals surface area contributed by atoms with Gasteiger partial charge in [0, 0.05) is 6.20 Å². The normalized spacial score (nSPS) is 10.8. The van der Waals surface area contributed by atoms with Crippen molar-refractivity contribution in [3.63, 3.8) is 0 Å². The van der Waals surface area contributed by atoms with Crippen molar-refractivity contribution in [3.05, 3.63) is 54.1 Å². The van der Waals surface area contributed by atoms with Crippen molar-refractivity contribution in [2.75, 3.05) is 0 Å². The van der Waals surface area contributed by atoms with Crippen LogP contribution in [0.5, 0.6) is 0 Å². The van der Waals surface area contributed by atoms with E-state index < -0.39 is 0 Å². The van der Waals surface area contributed by atoms with Gasteiger partial charge in [-0.05, 0) is 24.3 Å². The highest BCUT2D eigenvalue weighted by atomic mass is 16.1. The van der Waals surface area contributed by atoms with Crippen LogP contribution in [0.2, 0.25) is 0 Å². The first-order valence-corrected chi connectivity index (χ1v) is 4.97. The molecule has 0 aliphatic heterocycles. The van der Waals surface area contributed by atoms with Crippen LogP contribution >= 0.6 is 0 Å². The number of nitrogens with zero attached hydrogens (tertiary/aromatic N) is 1. The fourth-order valence-electron chi connectivity index (χ4n) is 1.66. The summed E-state index contributed by atoms with van der Waals surface area (Å²) in [6, 6.07) is 11.1. The molecule has 0 aliphatic carbocycles. The molecule has 0 unspecified atom stereocenters. The lowest BCUT2D eigenvalue weighted by atomic mass is 10.3. The maximum absolute atomic E-state index is 12.0. The number of hydrogen-bond donors (Lipinski definition) is 2. The van der Waals surface area contributed by atoms with Crippen LogP contribution in [0.3, 0.4) is 0 Å². The molecule has 2 heterocycles. The Bertz CT molecular complexity index is 604. The van der Waals surface area contributed by atoms with E-state index in [9.17, 15) is 4.79 Å². The number of hydrogen-bond acceptors (Lipinski definition) is 2. The molecule has 1 aromatic carbocycles. The average Bonchev–Trinajstić information content (AvgIpc) is 2.97. The number of para-hydroxylation sites is 2. The third-order valence-corrected chi connectivity index (χ3v) is 2.45. The molecular formula is C12H9N3O. The lowest BCUT2D eigenvalue weighted by Gasteiger charge is -1.91. The first kappa shape index (κ1) is 8.91. The van der Waals surface area contributed by atoms with Crippen LogP contribution in [0.4, 0.5) is 0 Å². The molecule has 0 saturated carbocycles. The smallest absolute Gasteiger partial charge is 0.244 e. The van der Waals surface area contributed by atoms with Gasteiger partial charge in [0.05, 0.1) is 16.7 Å². The van der Waals surface area contributed by atoms with E-state index in [1.165, 1.54) is 0 Å². The zero-order chi connectivity index (χ0) is 11.0. The van der Waals surface area contributed by atoms with Gasteiger partial charge in [-0.3, -0.25) is 4.79 Å². The van der Waals surface area contributed by atoms with Gasteiger partial charge in [-0.2, -0.15) is 0 Å². The fraction of sp³-hybridized carbons (Fsp3) is 0. The Morgan fingerprint density at radius 2 is 2.00 bits per heavy atom. The molecule has 0 aliphatic rings. The number of aromatic amines is 2. The summed E-state index contributed by atoms with van der Waals surface area (Å²) < 4.78 is 0. The third kappa shape index (κ3) is 1.32. The number of fused-ring (bicyclic) bond motifs is 1. The summed E-state index contributed by atoms with van der Waals surface area (Å²) in [5, 5.41) is 0. The van der Waals surface area contributed by atoms with Gasteiger partial charge >= 0.3 is 0 Å². The lowest BCUT2D eigenvalue weighted by molar-refractivity contribution is 0.102. The van der Waals surface area contributed by atoms with Crippen molar-refractivity contribution in [1.82, 2.24) is 15.0 Å². The molecule has 0 radical (unpaired) electrons. The van der Waals surface area contributed by atoms with Crippen molar-refractivity contribution >= 4 is 16.8 Å². The monoisotopic (exact) mass is 211 g/mol. The largest absolute Gasteiger partial charge is 0.358 e. The number of rotatable bonds is 2. The third-order valence-electron chi connectivity index (χ3n) is 2.45. The van der Waals surface area contributed by atoms with Crippen molar-refractivity contribution in [2.45, 2.75) is 0 Å². The highest BCUT2D eigenvalue weighted by Crippen LogP contribution is 2.12. The van der Waals surface area contributed by atoms with Gasteiger partial charge in [0.1, 0.15) is 0 Å². The van der Waals surface area contributed by atoms with E-state index in [1.54, 1.807) is 18.3 Å². The van der Waals surface area contributed by atoms with Gasteiger partial charge in [0.2, 0.25) is 5.78 Å². The summed E-state index contributed by atoms with van der Waals surface area (Å²) in [5.41, 5.74) is 2.22. The quantitative estimate of drug-likeness (QED) is 0.638. The van der Waals surface area contributed by atoms with E-state index in [1.807, 2.05) is 24.3 Å². The first-order valence-electron chi connectivity index (χ1n) is 4.97. The number of carbonyl (C=O) groups excluding carboxylic acids is 1. The Labute approximate surface area is 91.3 Å². The number of benzene rings is 1. The molecule has 0 amide bonds. The Morgan fingerprint density at radius 1 is 1.12 bits per heavy atom. The minimum absolute atomic E-state index is 0.124. The van der Waals surface area contributed by atoms with Crippen molar-refractivity contribution in [3.8, 4) is 0 Å². The number of nitrogens with one attached hydrogen (secondary N) is 2. The van der Waals surface area contributed by atoms with Crippen LogP contribution in [0.25, 0.3) is 11.0 Å². The van der Waals surface area contributed by atoms with E-state index in [2.05, 4.69) is 15.0 Å². The number of aromatic nitrogens is 3. The van der Waals surface area contributed by atoms with Crippen LogP contribution in [0.15, 0.2) is 42.6 Å². The molecule has 0 bridgehead atoms. The molecular weight excluding hydrogens is 202 g/mol. The molecule has 0 spiro atoms. The fourth-order valence-corrected chi connectivity index (χ4v) is 1.66. The van der Waals surface area contributed by atoms with Crippen LogP contribution in [-0.4, -0.2) is 20.7 Å². The molecule has 3 rings (SSSR count). The van der Waals surface area contributed by atoms with Gasteiger partial charge < -0.3 is 9.97 Å². The highest BCUT2D eigenvalue weighted by molar-refractivity contribution is 6.06. The van der Waals surface area contributed by atoms with Crippen molar-refractivity contribution in [1.29, 1.82) is 0 Å². The molecule has 2 N–H and O–H groups in total. The van der Waals surface area contributed by atoms with E-state index in [-0.39, 0.29) is 5.78 Å². The predicted molar refractivity (Wildman–Crippen MR) is 60.3 cm³/mol. The van der Waals surface area contributed by atoms with E-state index >= 15 is 0 Å². The summed E-state index contributed by atoms with van der Waals surface area (Å²) in [5.74, 6) is 0.241. The van der Waals surface area contributed by atoms with Crippen molar-refractivity contribution in [2.24, 2.45) is 0 Å². The Balaban J connectivity index is 2.10. The van der Waals surface area contributed by atoms with Gasteiger partial charge in [0.25, 0.3) is 0 Å². The number of carbonyl (C=O) groups is 1. The summed E-state index contributed by atoms with van der Waals surface area (Å²) >= 11 is 0. The molecule has 2 aromatic heterocycles. The number of H-pyrrole nitrogens is 2. The lowest BCUT2D eigenvalue weighted by Crippen LogP contribution is -2.03. The maximum atomic E-state index is 12.0. The minimum Gasteiger partial charge on any atom is -0.358 e. The molecule has 4 nitrogen and oxygen atoms in total. The van der Waals surface area contributed by atoms with Gasteiger partial charge in [-0.1, -0.05) is 12.1 Å². The van der Waals surface area contributed by atoms with Gasteiger partial charge in [-0.15, -0.1) is 0 Å². The number of ketones is 1. The van der Waals surface area contributed by atoms with E-state index in [0.717, 1.165) is 11.0 Å². The molecule has 0 fully saturated rings. The van der Waals surface area contributed by atoms with E-state index in [0.29, 0.717) is 11.5 Å². The summed E-state index contributed by atoms with van der Waals surface area (Å²) in [7, 11) is 0. The second kappa shape index (κ2) is 3.34. The first-order chi connectivity index (χ1) is 7.84. The molecule has 4 heteroatoms. The Morgan fingerprint density at radius 3 is 2.75 bits per heavy atom. The highest BCUT2D eigenvalue weighted by Gasteiger charge is 2.13. The van der Waals surface area contributed by atoms with Gasteiger partial charge in [-0.25, -0.2) is 4.98 Å². The standard InChI is InChI=1S/C12H9N3O/c16-11(10-6-3-7-13-10)12-14-8-4-1-2-5-9(8)15-12/h1-7,13H,(H,14,15). The van der Waals surface area contributed by atoms with E-state index in [4.69, 9.17) is 0 Å². The molecule has 0 saturated heterocycles. The van der Waals surface area contributed by atoms with Crippen LogP contribution in [0, 0.1) is 0 Å². The minimum atomic E-state index is -0.124. The summed E-state index contributed by atoms with van der Waals surface area (Å²) in [4.78, 5) is 22.1. The topological polar surface area (TPSA) is 61.5 Å². The Hall–Kier alpha value is -2.36. The Kier molecular flexibility index (Phi) is 1.86. The predicted octanol–water partition coefficient (Wildman–Crippen LogP) is 2.12. The average molecular weight is 211 g/mol. The zero-order valence-corrected chi connectivity index (χ0v) is 8.40. The zero-order valence-electron chi connectivity index (χ0n) is 8.40. The van der Waals surface area contributed by atoms with Crippen LogP contribution < -0.4 is 0 Å². The molecule has 16 heavy (non-hydrogen) atoms. The molecule has 3 aromatic rings. The van der Waals surface area contributed by atoms with Crippen LogP contribution in [0.1, 0.15) is 16.3 Å². The summed E-state index contributed by atoms with van der Waals surface area (Å²) in [6.07, 6.45) is 1.72. The summed E-state index contributed by atoms with van der Waals surface area (Å²) in [6.45, 7) is 0. The van der Waals surface area contributed by atoms with Gasteiger partial charge in [0.15, 0.2) is 5.82 Å². The SMILES string of the molecule is O=C(c1ccc[nH]1)c1nc2ccccc2[nH]1. The second-order valence-corrected chi connectivity index (χ2v) is 3.52. The molecule has 0 atom stereocenters. The second-order valence-electron chi connectivity index (χ2n) is 3.52. The number of imidazole rings is 1.